The van der Waals surface area contributed by atoms with Crippen LogP contribution in [-0.2, 0) is 0 Å². The molecule has 24 valence electrons. The van der Waals surface area contributed by atoms with Gasteiger partial charge < -0.3 is 15.1 Å². The van der Waals surface area contributed by atoms with Crippen molar-refractivity contribution in [3.05, 3.63) is 0 Å². The van der Waals surface area contributed by atoms with Gasteiger partial charge in [0.05, 0.1) is 0 Å². The van der Waals surface area contributed by atoms with Crippen LogP contribution in [0.3, 0.4) is 0 Å². The Morgan fingerprint density at radius 1 is 0.857 bits per heavy atom. The molecule has 0 saturated heterocycles. The molecule has 3 nitrogen and oxygen atoms in total. The van der Waals surface area contributed by atoms with Crippen LogP contribution in [0.5, 0.6) is 0 Å². The van der Waals surface area contributed by atoms with Gasteiger partial charge in [0.25, 0.3) is 0 Å². The van der Waals surface area contributed by atoms with E-state index in [-0.39, 0.29) is 89.1 Å². The van der Waals surface area contributed by atoms with Crippen molar-refractivity contribution in [3.8, 4) is 0 Å². The predicted octanol–water partition coefficient (Wildman–Crippen LogP) is -12.9. The molecule has 0 spiro atoms. The van der Waals surface area contributed by atoms with Gasteiger partial charge in [-0.1, -0.05) is 0 Å². The van der Waals surface area contributed by atoms with Gasteiger partial charge in [-0.25, -0.2) is 0 Å². The molecule has 0 unspecified atom stereocenters. The Morgan fingerprint density at radius 3 is 0.857 bits per heavy atom. The van der Waals surface area contributed by atoms with Crippen LogP contribution < -0.4 is 104 Å². The van der Waals surface area contributed by atoms with Crippen LogP contribution in [0.2, 0.25) is 0 Å². The minimum Gasteiger partial charge on any atom is -0.907 e. The van der Waals surface area contributed by atoms with Crippen molar-refractivity contribution < 1.29 is 104 Å². The van der Waals surface area contributed by atoms with Crippen molar-refractivity contribution >= 4 is 7.32 Å². The van der Waals surface area contributed by atoms with Crippen molar-refractivity contribution in [2.75, 3.05) is 0 Å². The first-order valence-electron chi connectivity index (χ1n) is 0.707. The molecule has 0 amide bonds. The summed E-state index contributed by atoms with van der Waals surface area (Å²) < 4.78 is 0. The maximum Gasteiger partial charge on any atom is 1.00 e. The maximum atomic E-state index is 8.42. The summed E-state index contributed by atoms with van der Waals surface area (Å²) in [6.45, 7) is 0. The molecule has 0 rings (SSSR count). The Kier molecular flexibility index (Phi) is 51.3. The predicted molar refractivity (Wildman–Crippen MR) is 5.75 cm³/mol. The van der Waals surface area contributed by atoms with E-state index in [4.69, 9.17) is 15.1 Å². The van der Waals surface area contributed by atoms with E-state index in [1.165, 1.54) is 0 Å². The largest absolute Gasteiger partial charge is 1.00 e. The van der Waals surface area contributed by atoms with Gasteiger partial charge >= 0.3 is 89.1 Å². The van der Waals surface area contributed by atoms with E-state index in [9.17, 15) is 0 Å². The minimum atomic E-state index is -2.92. The average Bonchev–Trinajstić information content (AvgIpc) is 0.811. The molecule has 0 aromatic heterocycles. The second kappa shape index (κ2) is 15.9. The zero-order chi connectivity index (χ0) is 3.58. The fourth-order valence-corrected chi connectivity index (χ4v) is 0. The monoisotopic (exact) mass is 112 g/mol. The second-order valence-electron chi connectivity index (χ2n) is 0.289. The average molecular weight is 112 g/mol. The van der Waals surface area contributed by atoms with Crippen LogP contribution in [0.25, 0.3) is 0 Å². The van der Waals surface area contributed by atoms with Gasteiger partial charge in [-0.05, 0) is 0 Å². The summed E-state index contributed by atoms with van der Waals surface area (Å²) in [5.41, 5.74) is 0. The summed E-state index contributed by atoms with van der Waals surface area (Å²) >= 11 is 0. The molecule has 0 aliphatic heterocycles. The molecule has 0 aliphatic carbocycles. The van der Waals surface area contributed by atoms with Crippen LogP contribution in [-0.4, -0.2) is 7.32 Å². The molecule has 0 aliphatic rings. The normalized spacial score (nSPS) is 3.86. The van der Waals surface area contributed by atoms with Crippen molar-refractivity contribution in [2.24, 2.45) is 0 Å². The van der Waals surface area contributed by atoms with E-state index in [2.05, 4.69) is 0 Å². The summed E-state index contributed by atoms with van der Waals surface area (Å²) in [6.07, 6.45) is 0. The summed E-state index contributed by atoms with van der Waals surface area (Å²) in [5, 5.41) is 25.2. The van der Waals surface area contributed by atoms with E-state index in [1.807, 2.05) is 0 Å². The molecule has 7 heavy (non-hydrogen) atoms. The van der Waals surface area contributed by atoms with Crippen LogP contribution >= 0.6 is 0 Å². The smallest absolute Gasteiger partial charge is 0.907 e. The third kappa shape index (κ3) is 52.3. The molecule has 0 fully saturated rings. The Balaban J connectivity index is -0.0000000150. The Morgan fingerprint density at radius 2 is 0.857 bits per heavy atom. The Labute approximate surface area is 109 Å². The van der Waals surface area contributed by atoms with E-state index >= 15 is 0 Å². The maximum absolute atomic E-state index is 8.42. The zero-order valence-electron chi connectivity index (χ0n) is 4.80. The molecule has 0 saturated carbocycles. The van der Waals surface area contributed by atoms with E-state index in [0.29, 0.717) is 0 Å². The number of rotatable bonds is 0. The van der Waals surface area contributed by atoms with Crippen molar-refractivity contribution in [3.63, 3.8) is 0 Å². The van der Waals surface area contributed by atoms with E-state index in [1.54, 1.807) is 0 Å². The molecule has 0 N–H and O–H groups in total. The third-order valence-corrected chi connectivity index (χ3v) is 0. The summed E-state index contributed by atoms with van der Waals surface area (Å²) in [7, 11) is -2.92. The molecule has 0 aromatic rings. The topological polar surface area (TPSA) is 69.2 Å². The second-order valence-corrected chi connectivity index (χ2v) is 0.289. The first-order valence-corrected chi connectivity index (χ1v) is 0.707. The molecule has 0 atom stereocenters. The molecular formula is BKLi2O3. The van der Waals surface area contributed by atoms with Crippen LogP contribution in [0.1, 0.15) is 0 Å². The minimum absolute atomic E-state index is 0. The zero-order valence-corrected chi connectivity index (χ0v) is 7.93. The third-order valence-electron chi connectivity index (χ3n) is 0. The van der Waals surface area contributed by atoms with Gasteiger partial charge in [-0.3, -0.25) is 7.32 Å². The Hall–Kier alpha value is 2.78. The van der Waals surface area contributed by atoms with Crippen molar-refractivity contribution in [2.45, 2.75) is 0 Å². The van der Waals surface area contributed by atoms with Gasteiger partial charge in [0.15, 0.2) is 0 Å². The van der Waals surface area contributed by atoms with Crippen molar-refractivity contribution in [1.29, 1.82) is 0 Å². The van der Waals surface area contributed by atoms with Gasteiger partial charge in [0.1, 0.15) is 0 Å². The van der Waals surface area contributed by atoms with Gasteiger partial charge in [0.2, 0.25) is 0 Å². The molecule has 0 radical (unpaired) electrons. The molecule has 0 aromatic carbocycles. The summed E-state index contributed by atoms with van der Waals surface area (Å²) in [5.74, 6) is 0. The molecule has 0 heterocycles. The van der Waals surface area contributed by atoms with Crippen molar-refractivity contribution in [1.82, 2.24) is 0 Å². The van der Waals surface area contributed by atoms with Gasteiger partial charge in [-0.2, -0.15) is 0 Å². The fraction of sp³-hybridized carbons (Fsp3) is 0. The molecule has 7 heteroatoms. The number of hydrogen-bond donors (Lipinski definition) is 0. The van der Waals surface area contributed by atoms with Crippen LogP contribution in [0.4, 0.5) is 0 Å². The summed E-state index contributed by atoms with van der Waals surface area (Å²) in [4.78, 5) is 0. The van der Waals surface area contributed by atoms with E-state index in [0.717, 1.165) is 0 Å². The SMILES string of the molecule is [K+].[Li+].[Li+].[O-]B([O-])[O-]. The first-order chi connectivity index (χ1) is 1.73. The Bertz CT molecular complexity index is 17.7. The fourth-order valence-electron chi connectivity index (χ4n) is 0. The van der Waals surface area contributed by atoms with Crippen LogP contribution in [0, 0.1) is 0 Å². The van der Waals surface area contributed by atoms with Gasteiger partial charge in [0, 0.05) is 0 Å². The van der Waals surface area contributed by atoms with Gasteiger partial charge in [-0.15, -0.1) is 0 Å². The first kappa shape index (κ1) is 22.6. The quantitative estimate of drug-likeness (QED) is 0.292. The van der Waals surface area contributed by atoms with Crippen LogP contribution in [0.15, 0.2) is 0 Å². The van der Waals surface area contributed by atoms with E-state index < -0.39 is 7.32 Å². The molecule has 0 bridgehead atoms. The summed E-state index contributed by atoms with van der Waals surface area (Å²) in [6, 6.07) is 0. The number of hydrogen-bond acceptors (Lipinski definition) is 3. The standard InChI is InChI=1S/BO3.K.2Li/c2-1(3)4;;;/q-3;3*+1. The molecular weight excluding hydrogens is 112 g/mol.